The predicted molar refractivity (Wildman–Crippen MR) is 96.3 cm³/mol. The minimum atomic E-state index is -0.218. The Kier molecular flexibility index (Phi) is 5.86. The number of nitrogens with one attached hydrogen (secondary N) is 1. The number of aromatic nitrogens is 2. The van der Waals surface area contributed by atoms with E-state index in [1.807, 2.05) is 22.9 Å². The first kappa shape index (κ1) is 18.1. The Hall–Kier alpha value is -1.73. The number of rotatable bonds is 6. The molecule has 2 heterocycles. The van der Waals surface area contributed by atoms with Gasteiger partial charge < -0.3 is 15.0 Å². The lowest BCUT2D eigenvalue weighted by Gasteiger charge is -2.36. The SMILES string of the molecule is CC(C)N(C)CC(=O)N1CCOCC1c1nccc(NC2CCC2)n1. The zero-order chi connectivity index (χ0) is 17.8. The maximum Gasteiger partial charge on any atom is 0.237 e. The van der Waals surface area contributed by atoms with E-state index in [0.29, 0.717) is 44.2 Å². The Morgan fingerprint density at radius 3 is 2.96 bits per heavy atom. The quantitative estimate of drug-likeness (QED) is 0.844. The highest BCUT2D eigenvalue weighted by atomic mass is 16.5. The van der Waals surface area contributed by atoms with Crippen molar-refractivity contribution < 1.29 is 9.53 Å². The monoisotopic (exact) mass is 347 g/mol. The number of anilines is 1. The van der Waals surface area contributed by atoms with Crippen LogP contribution in [0.1, 0.15) is 45.0 Å². The molecule has 1 aromatic heterocycles. The first-order valence-electron chi connectivity index (χ1n) is 9.21. The molecule has 1 aliphatic carbocycles. The van der Waals surface area contributed by atoms with E-state index in [1.165, 1.54) is 19.3 Å². The molecule has 2 fully saturated rings. The van der Waals surface area contributed by atoms with Gasteiger partial charge in [0.1, 0.15) is 11.9 Å². The summed E-state index contributed by atoms with van der Waals surface area (Å²) in [5, 5.41) is 3.45. The van der Waals surface area contributed by atoms with Crippen LogP contribution in [0.25, 0.3) is 0 Å². The minimum Gasteiger partial charge on any atom is -0.377 e. The van der Waals surface area contributed by atoms with Crippen LogP contribution in [0, 0.1) is 0 Å². The first-order valence-corrected chi connectivity index (χ1v) is 9.21. The van der Waals surface area contributed by atoms with Crippen molar-refractivity contribution >= 4 is 11.7 Å². The highest BCUT2D eigenvalue weighted by Gasteiger charge is 2.31. The van der Waals surface area contributed by atoms with Gasteiger partial charge in [0.05, 0.1) is 19.8 Å². The smallest absolute Gasteiger partial charge is 0.237 e. The largest absolute Gasteiger partial charge is 0.377 e. The van der Waals surface area contributed by atoms with Crippen molar-refractivity contribution in [2.75, 3.05) is 38.7 Å². The van der Waals surface area contributed by atoms with Gasteiger partial charge in [-0.3, -0.25) is 9.69 Å². The summed E-state index contributed by atoms with van der Waals surface area (Å²) < 4.78 is 5.61. The summed E-state index contributed by atoms with van der Waals surface area (Å²) in [4.78, 5) is 25.8. The number of hydrogen-bond acceptors (Lipinski definition) is 6. The highest BCUT2D eigenvalue weighted by Crippen LogP contribution is 2.25. The fourth-order valence-electron chi connectivity index (χ4n) is 2.98. The molecule has 0 radical (unpaired) electrons. The van der Waals surface area contributed by atoms with Gasteiger partial charge in [-0.05, 0) is 46.2 Å². The zero-order valence-corrected chi connectivity index (χ0v) is 15.4. The van der Waals surface area contributed by atoms with E-state index in [9.17, 15) is 4.79 Å². The Morgan fingerprint density at radius 1 is 1.48 bits per heavy atom. The number of morpholine rings is 1. The van der Waals surface area contributed by atoms with E-state index in [-0.39, 0.29) is 11.9 Å². The van der Waals surface area contributed by atoms with Gasteiger partial charge in [-0.25, -0.2) is 9.97 Å². The van der Waals surface area contributed by atoms with Crippen LogP contribution in [0.15, 0.2) is 12.3 Å². The molecule has 1 N–H and O–H groups in total. The van der Waals surface area contributed by atoms with Crippen LogP contribution in [-0.4, -0.2) is 71.1 Å². The van der Waals surface area contributed by atoms with Gasteiger partial charge in [0.2, 0.25) is 5.91 Å². The molecule has 7 heteroatoms. The number of nitrogens with zero attached hydrogens (tertiary/aromatic N) is 4. The van der Waals surface area contributed by atoms with Crippen molar-refractivity contribution in [1.82, 2.24) is 19.8 Å². The van der Waals surface area contributed by atoms with Gasteiger partial charge in [-0.2, -0.15) is 0 Å². The van der Waals surface area contributed by atoms with E-state index in [0.717, 1.165) is 5.82 Å². The van der Waals surface area contributed by atoms with Gasteiger partial charge in [-0.1, -0.05) is 0 Å². The Bertz CT molecular complexity index is 591. The molecule has 0 aromatic carbocycles. The van der Waals surface area contributed by atoms with Crippen LogP contribution in [0.5, 0.6) is 0 Å². The fraction of sp³-hybridized carbons (Fsp3) is 0.722. The van der Waals surface area contributed by atoms with Crippen LogP contribution in [0.2, 0.25) is 0 Å². The highest BCUT2D eigenvalue weighted by molar-refractivity contribution is 5.78. The normalized spacial score (nSPS) is 21.5. The molecule has 2 aliphatic rings. The fourth-order valence-corrected chi connectivity index (χ4v) is 2.98. The zero-order valence-electron chi connectivity index (χ0n) is 15.4. The van der Waals surface area contributed by atoms with Crippen LogP contribution in [0.3, 0.4) is 0 Å². The Morgan fingerprint density at radius 2 is 2.28 bits per heavy atom. The first-order chi connectivity index (χ1) is 12.0. The molecule has 138 valence electrons. The van der Waals surface area contributed by atoms with E-state index in [1.54, 1.807) is 6.20 Å². The Labute approximate surface area is 149 Å². The number of amides is 1. The topological polar surface area (TPSA) is 70.6 Å². The van der Waals surface area contributed by atoms with Crippen LogP contribution in [0.4, 0.5) is 5.82 Å². The number of carbonyl (C=O) groups excluding carboxylic acids is 1. The molecule has 1 amide bonds. The van der Waals surface area contributed by atoms with Gasteiger partial charge in [0.25, 0.3) is 0 Å². The number of likely N-dealkylation sites (N-methyl/N-ethyl adjacent to an activating group) is 1. The molecular formula is C18H29N5O2. The molecule has 1 unspecified atom stereocenters. The maximum absolute atomic E-state index is 12.8. The second-order valence-electron chi connectivity index (χ2n) is 7.26. The molecule has 0 bridgehead atoms. The van der Waals surface area contributed by atoms with Gasteiger partial charge in [-0.15, -0.1) is 0 Å². The third kappa shape index (κ3) is 4.46. The molecule has 1 aromatic rings. The van der Waals surface area contributed by atoms with E-state index in [4.69, 9.17) is 4.74 Å². The van der Waals surface area contributed by atoms with E-state index in [2.05, 4.69) is 29.1 Å². The molecular weight excluding hydrogens is 318 g/mol. The number of ether oxygens (including phenoxy) is 1. The van der Waals surface area contributed by atoms with Crippen molar-refractivity contribution in [3.8, 4) is 0 Å². The summed E-state index contributed by atoms with van der Waals surface area (Å²) in [6.07, 6.45) is 5.43. The summed E-state index contributed by atoms with van der Waals surface area (Å²) >= 11 is 0. The lowest BCUT2D eigenvalue weighted by Crippen LogP contribution is -2.48. The third-order valence-corrected chi connectivity index (χ3v) is 5.14. The lowest BCUT2D eigenvalue weighted by atomic mass is 9.93. The molecule has 1 saturated heterocycles. The number of carbonyl (C=O) groups is 1. The third-order valence-electron chi connectivity index (χ3n) is 5.14. The van der Waals surface area contributed by atoms with Crippen LogP contribution in [-0.2, 0) is 9.53 Å². The standard InChI is InChI=1S/C18H29N5O2/c1-13(2)22(3)11-17(24)23-9-10-25-12-15(23)18-19-8-7-16(21-18)20-14-5-4-6-14/h7-8,13-15H,4-6,9-12H2,1-3H3,(H,19,20,21). The lowest BCUT2D eigenvalue weighted by molar-refractivity contribution is -0.141. The predicted octanol–water partition coefficient (Wildman–Crippen LogP) is 1.68. The Balaban J connectivity index is 1.71. The number of hydrogen-bond donors (Lipinski definition) is 1. The summed E-state index contributed by atoms with van der Waals surface area (Å²) in [6.45, 7) is 6.16. The molecule has 7 nitrogen and oxygen atoms in total. The van der Waals surface area contributed by atoms with E-state index >= 15 is 0 Å². The van der Waals surface area contributed by atoms with Crippen molar-refractivity contribution in [1.29, 1.82) is 0 Å². The van der Waals surface area contributed by atoms with Crippen molar-refractivity contribution in [2.24, 2.45) is 0 Å². The van der Waals surface area contributed by atoms with Crippen molar-refractivity contribution in [3.05, 3.63) is 18.1 Å². The second-order valence-corrected chi connectivity index (χ2v) is 7.26. The molecule has 1 aliphatic heterocycles. The summed E-state index contributed by atoms with van der Waals surface area (Å²) in [5.74, 6) is 1.60. The van der Waals surface area contributed by atoms with Crippen molar-refractivity contribution in [3.63, 3.8) is 0 Å². The average molecular weight is 347 g/mol. The van der Waals surface area contributed by atoms with Gasteiger partial charge in [0, 0.05) is 24.8 Å². The maximum atomic E-state index is 12.8. The summed E-state index contributed by atoms with van der Waals surface area (Å²) in [7, 11) is 1.97. The van der Waals surface area contributed by atoms with Crippen molar-refractivity contribution in [2.45, 2.75) is 51.2 Å². The van der Waals surface area contributed by atoms with Gasteiger partial charge >= 0.3 is 0 Å². The minimum absolute atomic E-state index is 0.102. The van der Waals surface area contributed by atoms with Crippen LogP contribution >= 0.6 is 0 Å². The van der Waals surface area contributed by atoms with E-state index < -0.39 is 0 Å². The van der Waals surface area contributed by atoms with Crippen LogP contribution < -0.4 is 5.32 Å². The molecule has 3 rings (SSSR count). The molecule has 25 heavy (non-hydrogen) atoms. The van der Waals surface area contributed by atoms with Gasteiger partial charge in [0.15, 0.2) is 5.82 Å². The molecule has 0 spiro atoms. The summed E-state index contributed by atoms with van der Waals surface area (Å²) in [6, 6.07) is 2.52. The second kappa shape index (κ2) is 8.10. The summed E-state index contributed by atoms with van der Waals surface area (Å²) in [5.41, 5.74) is 0. The average Bonchev–Trinajstić information content (AvgIpc) is 2.58. The molecule has 1 saturated carbocycles. The molecule has 1 atom stereocenters.